The van der Waals surface area contributed by atoms with Gasteiger partial charge in [-0.05, 0) is 20.3 Å². The van der Waals surface area contributed by atoms with Crippen LogP contribution in [0, 0.1) is 11.3 Å². The van der Waals surface area contributed by atoms with Crippen molar-refractivity contribution in [2.75, 3.05) is 26.2 Å². The number of hydrogen-bond donors (Lipinski definition) is 0. The minimum atomic E-state index is -0.683. The fourth-order valence-electron chi connectivity index (χ4n) is 2.59. The van der Waals surface area contributed by atoms with Crippen molar-refractivity contribution in [3.63, 3.8) is 0 Å². The number of halogens is 1. The molecular formula is C14H23IN2O4. The van der Waals surface area contributed by atoms with Crippen LogP contribution in [0.15, 0.2) is 0 Å². The fourth-order valence-corrected chi connectivity index (χ4v) is 3.19. The number of carbonyl (C=O) groups is 3. The first kappa shape index (κ1) is 18.2. The summed E-state index contributed by atoms with van der Waals surface area (Å²) >= 11 is 1.57. The van der Waals surface area contributed by atoms with Gasteiger partial charge in [0.15, 0.2) is 23.0 Å². The Labute approximate surface area is 139 Å². The first-order valence-electron chi connectivity index (χ1n) is 7.06. The van der Waals surface area contributed by atoms with Gasteiger partial charge in [-0.15, -0.1) is 0 Å². The number of hydrogen-bond acceptors (Lipinski definition) is 4. The summed E-state index contributed by atoms with van der Waals surface area (Å²) in [6, 6.07) is 0. The molecule has 2 amide bonds. The molecule has 1 saturated heterocycles. The SMILES string of the molecule is CC(=O)N1CCN(C(=O)C(C)CC(C)(C)C(=O)OI)CC1. The topological polar surface area (TPSA) is 66.9 Å². The fraction of sp³-hybridized carbons (Fsp3) is 0.786. The highest BCUT2D eigenvalue weighted by Crippen LogP contribution is 2.29. The second-order valence-electron chi connectivity index (χ2n) is 6.19. The van der Waals surface area contributed by atoms with Crippen molar-refractivity contribution in [1.82, 2.24) is 9.80 Å². The highest BCUT2D eigenvalue weighted by atomic mass is 127. The van der Waals surface area contributed by atoms with Crippen molar-refractivity contribution in [2.24, 2.45) is 11.3 Å². The molecule has 0 aliphatic carbocycles. The molecule has 6 nitrogen and oxygen atoms in total. The van der Waals surface area contributed by atoms with Crippen LogP contribution in [-0.2, 0) is 17.4 Å². The number of amides is 2. The first-order chi connectivity index (χ1) is 9.69. The zero-order valence-electron chi connectivity index (χ0n) is 13.0. The Morgan fingerprint density at radius 2 is 1.62 bits per heavy atom. The minimum absolute atomic E-state index is 0.0348. The third-order valence-electron chi connectivity index (χ3n) is 3.90. The van der Waals surface area contributed by atoms with Gasteiger partial charge in [-0.2, -0.15) is 0 Å². The molecule has 0 saturated carbocycles. The quantitative estimate of drug-likeness (QED) is 0.661. The van der Waals surface area contributed by atoms with Crippen molar-refractivity contribution in [2.45, 2.75) is 34.1 Å². The van der Waals surface area contributed by atoms with Gasteiger partial charge in [-0.3, -0.25) is 14.4 Å². The molecule has 120 valence electrons. The smallest absolute Gasteiger partial charge is 0.320 e. The molecule has 0 aromatic carbocycles. The van der Waals surface area contributed by atoms with E-state index < -0.39 is 5.41 Å². The van der Waals surface area contributed by atoms with Crippen LogP contribution in [0.3, 0.4) is 0 Å². The maximum Gasteiger partial charge on any atom is 0.320 e. The van der Waals surface area contributed by atoms with Crippen LogP contribution in [0.4, 0.5) is 0 Å². The van der Waals surface area contributed by atoms with E-state index >= 15 is 0 Å². The normalized spacial score (nSPS) is 17.4. The van der Waals surface area contributed by atoms with Gasteiger partial charge in [0.05, 0.1) is 5.41 Å². The average molecular weight is 410 g/mol. The molecule has 1 aliphatic heterocycles. The van der Waals surface area contributed by atoms with Crippen molar-refractivity contribution in [1.29, 1.82) is 0 Å². The zero-order chi connectivity index (χ0) is 16.2. The molecule has 0 aromatic rings. The molecule has 0 radical (unpaired) electrons. The zero-order valence-corrected chi connectivity index (χ0v) is 15.2. The molecule has 1 atom stereocenters. The third-order valence-corrected chi connectivity index (χ3v) is 4.30. The first-order valence-corrected chi connectivity index (χ1v) is 7.94. The predicted molar refractivity (Wildman–Crippen MR) is 86.5 cm³/mol. The van der Waals surface area contributed by atoms with Gasteiger partial charge in [0, 0.05) is 39.0 Å². The highest BCUT2D eigenvalue weighted by Gasteiger charge is 2.35. The Hall–Kier alpha value is -0.860. The number of nitrogens with zero attached hydrogens (tertiary/aromatic N) is 2. The van der Waals surface area contributed by atoms with E-state index in [1.807, 2.05) is 6.92 Å². The molecule has 1 aliphatic rings. The molecule has 0 N–H and O–H groups in total. The van der Waals surface area contributed by atoms with Crippen LogP contribution in [-0.4, -0.2) is 53.8 Å². The van der Waals surface area contributed by atoms with Crippen LogP contribution >= 0.6 is 23.0 Å². The summed E-state index contributed by atoms with van der Waals surface area (Å²) in [6.45, 7) is 9.21. The van der Waals surface area contributed by atoms with E-state index in [-0.39, 0.29) is 23.7 Å². The maximum atomic E-state index is 12.4. The number of piperazine rings is 1. The summed E-state index contributed by atoms with van der Waals surface area (Å²) < 4.78 is 4.74. The Morgan fingerprint density at radius 1 is 1.14 bits per heavy atom. The number of carbonyl (C=O) groups excluding carboxylic acids is 3. The van der Waals surface area contributed by atoms with E-state index in [9.17, 15) is 14.4 Å². The van der Waals surface area contributed by atoms with Gasteiger partial charge < -0.3 is 12.9 Å². The summed E-state index contributed by atoms with van der Waals surface area (Å²) in [5, 5.41) is 0. The van der Waals surface area contributed by atoms with E-state index in [2.05, 4.69) is 0 Å². The Morgan fingerprint density at radius 3 is 2.05 bits per heavy atom. The summed E-state index contributed by atoms with van der Waals surface area (Å²) in [4.78, 5) is 38.9. The van der Waals surface area contributed by atoms with E-state index in [0.717, 1.165) is 0 Å². The van der Waals surface area contributed by atoms with Crippen molar-refractivity contribution in [3.05, 3.63) is 0 Å². The van der Waals surface area contributed by atoms with E-state index in [1.165, 1.54) is 6.92 Å². The largest absolute Gasteiger partial charge is 0.394 e. The van der Waals surface area contributed by atoms with Gasteiger partial charge in [0.25, 0.3) is 0 Å². The van der Waals surface area contributed by atoms with Crippen molar-refractivity contribution in [3.8, 4) is 0 Å². The monoisotopic (exact) mass is 410 g/mol. The van der Waals surface area contributed by atoms with Gasteiger partial charge in [0.1, 0.15) is 0 Å². The Bertz CT molecular complexity index is 417. The highest BCUT2D eigenvalue weighted by molar-refractivity contribution is 14.1. The lowest BCUT2D eigenvalue weighted by molar-refractivity contribution is -0.145. The lowest BCUT2D eigenvalue weighted by Crippen LogP contribution is -2.51. The molecular weight excluding hydrogens is 387 g/mol. The Kier molecular flexibility index (Phi) is 6.42. The summed E-state index contributed by atoms with van der Waals surface area (Å²) in [5.41, 5.74) is -0.683. The molecule has 7 heteroatoms. The second-order valence-corrected chi connectivity index (χ2v) is 6.63. The summed E-state index contributed by atoms with van der Waals surface area (Å²) in [5.74, 6) is -0.489. The average Bonchev–Trinajstić information content (AvgIpc) is 2.45. The van der Waals surface area contributed by atoms with Crippen molar-refractivity contribution >= 4 is 40.8 Å². The van der Waals surface area contributed by atoms with E-state index in [0.29, 0.717) is 32.6 Å². The van der Waals surface area contributed by atoms with E-state index in [1.54, 1.807) is 46.7 Å². The van der Waals surface area contributed by atoms with Crippen LogP contribution in [0.5, 0.6) is 0 Å². The van der Waals surface area contributed by atoms with E-state index in [4.69, 9.17) is 3.07 Å². The predicted octanol–water partition coefficient (Wildman–Crippen LogP) is 1.62. The Balaban J connectivity index is 2.56. The third kappa shape index (κ3) is 4.82. The van der Waals surface area contributed by atoms with Crippen LogP contribution in [0.2, 0.25) is 0 Å². The van der Waals surface area contributed by atoms with Crippen LogP contribution in [0.25, 0.3) is 0 Å². The summed E-state index contributed by atoms with van der Waals surface area (Å²) in [7, 11) is 0. The van der Waals surface area contributed by atoms with Crippen LogP contribution < -0.4 is 0 Å². The molecule has 1 unspecified atom stereocenters. The molecule has 21 heavy (non-hydrogen) atoms. The van der Waals surface area contributed by atoms with Crippen molar-refractivity contribution < 1.29 is 17.4 Å². The molecule has 0 bridgehead atoms. The van der Waals surface area contributed by atoms with Gasteiger partial charge in [-0.1, -0.05) is 6.92 Å². The number of rotatable bonds is 4. The molecule has 1 heterocycles. The van der Waals surface area contributed by atoms with Gasteiger partial charge in [0.2, 0.25) is 11.8 Å². The minimum Gasteiger partial charge on any atom is -0.394 e. The standard InChI is InChI=1S/C14H23IN2O4/c1-10(9-14(3,4)13(20)21-15)12(19)17-7-5-16(6-8-17)11(2)18/h10H,5-9H2,1-4H3. The van der Waals surface area contributed by atoms with Gasteiger partial charge >= 0.3 is 5.97 Å². The molecule has 0 spiro atoms. The van der Waals surface area contributed by atoms with Crippen LogP contribution in [0.1, 0.15) is 34.1 Å². The molecule has 0 aromatic heterocycles. The second kappa shape index (κ2) is 7.42. The maximum absolute atomic E-state index is 12.4. The lowest BCUT2D eigenvalue weighted by atomic mass is 9.83. The lowest BCUT2D eigenvalue weighted by Gasteiger charge is -2.36. The molecule has 1 rings (SSSR count). The van der Waals surface area contributed by atoms with Gasteiger partial charge in [-0.25, -0.2) is 0 Å². The summed E-state index contributed by atoms with van der Waals surface area (Å²) in [6.07, 6.45) is 0.445. The molecule has 1 fully saturated rings.